The van der Waals surface area contributed by atoms with Crippen molar-refractivity contribution in [1.29, 1.82) is 0 Å². The molecule has 0 aliphatic heterocycles. The Labute approximate surface area is 155 Å². The maximum Gasteiger partial charge on any atom is 0.309 e. The SMILES string of the molecule is Cc1cccc(Cn2cnc(NC(=O)C(C)n3ncc([N+](=O)[O-])c3C)n2)c1. The van der Waals surface area contributed by atoms with E-state index in [-0.39, 0.29) is 11.6 Å². The van der Waals surface area contributed by atoms with Crippen LogP contribution in [0, 0.1) is 24.0 Å². The molecule has 0 bridgehead atoms. The lowest BCUT2D eigenvalue weighted by Crippen LogP contribution is -2.25. The summed E-state index contributed by atoms with van der Waals surface area (Å²) in [4.78, 5) is 26.9. The van der Waals surface area contributed by atoms with Gasteiger partial charge in [0.1, 0.15) is 24.3 Å². The van der Waals surface area contributed by atoms with Gasteiger partial charge >= 0.3 is 5.69 Å². The Kier molecular flexibility index (Phi) is 4.97. The minimum absolute atomic E-state index is 0.129. The van der Waals surface area contributed by atoms with Crippen molar-refractivity contribution < 1.29 is 9.72 Å². The topological polar surface area (TPSA) is 121 Å². The average molecular weight is 369 g/mol. The first-order valence-electron chi connectivity index (χ1n) is 8.29. The number of carbonyl (C=O) groups is 1. The van der Waals surface area contributed by atoms with Crippen LogP contribution in [0.15, 0.2) is 36.8 Å². The van der Waals surface area contributed by atoms with Crippen LogP contribution in [0.3, 0.4) is 0 Å². The molecule has 0 saturated carbocycles. The van der Waals surface area contributed by atoms with Crippen LogP contribution >= 0.6 is 0 Å². The minimum Gasteiger partial charge on any atom is -0.291 e. The van der Waals surface area contributed by atoms with Crippen molar-refractivity contribution in [3.05, 3.63) is 63.7 Å². The lowest BCUT2D eigenvalue weighted by Gasteiger charge is -2.12. The second-order valence-electron chi connectivity index (χ2n) is 6.24. The first kappa shape index (κ1) is 18.2. The molecule has 0 radical (unpaired) electrons. The lowest BCUT2D eigenvalue weighted by atomic mass is 10.1. The van der Waals surface area contributed by atoms with E-state index in [1.54, 1.807) is 18.5 Å². The zero-order valence-corrected chi connectivity index (χ0v) is 15.2. The van der Waals surface area contributed by atoms with E-state index in [4.69, 9.17) is 0 Å². The molecule has 1 N–H and O–H groups in total. The summed E-state index contributed by atoms with van der Waals surface area (Å²) < 4.78 is 2.93. The molecule has 2 aromatic heterocycles. The van der Waals surface area contributed by atoms with Gasteiger partial charge in [-0.15, -0.1) is 5.10 Å². The van der Waals surface area contributed by atoms with Gasteiger partial charge in [0.15, 0.2) is 0 Å². The third kappa shape index (κ3) is 4.00. The van der Waals surface area contributed by atoms with Crippen molar-refractivity contribution in [2.75, 3.05) is 5.32 Å². The molecule has 10 nitrogen and oxygen atoms in total. The van der Waals surface area contributed by atoms with E-state index in [0.29, 0.717) is 12.2 Å². The summed E-state index contributed by atoms with van der Waals surface area (Å²) in [6.45, 7) is 5.69. The maximum absolute atomic E-state index is 12.4. The first-order chi connectivity index (χ1) is 12.8. The van der Waals surface area contributed by atoms with Gasteiger partial charge in [-0.3, -0.25) is 24.9 Å². The molecule has 3 rings (SSSR count). The maximum atomic E-state index is 12.4. The summed E-state index contributed by atoms with van der Waals surface area (Å²) in [5.41, 5.74) is 2.40. The van der Waals surface area contributed by atoms with Gasteiger partial charge in [0, 0.05) is 0 Å². The molecule has 2 heterocycles. The molecule has 27 heavy (non-hydrogen) atoms. The van der Waals surface area contributed by atoms with E-state index in [1.807, 2.05) is 25.1 Å². The highest BCUT2D eigenvalue weighted by atomic mass is 16.6. The summed E-state index contributed by atoms with van der Waals surface area (Å²) in [5.74, 6) is -0.247. The second kappa shape index (κ2) is 7.36. The number of nitro groups is 1. The Morgan fingerprint density at radius 1 is 1.37 bits per heavy atom. The Bertz CT molecular complexity index is 992. The number of nitrogens with zero attached hydrogens (tertiary/aromatic N) is 6. The summed E-state index contributed by atoms with van der Waals surface area (Å²) in [5, 5.41) is 21.7. The molecular weight excluding hydrogens is 350 g/mol. The average Bonchev–Trinajstić information content (AvgIpc) is 3.20. The Balaban J connectivity index is 1.68. The van der Waals surface area contributed by atoms with E-state index in [1.165, 1.54) is 11.0 Å². The molecular formula is C17H19N7O3. The molecule has 3 aromatic rings. The van der Waals surface area contributed by atoms with Gasteiger partial charge in [0.2, 0.25) is 5.95 Å². The molecule has 10 heteroatoms. The summed E-state index contributed by atoms with van der Waals surface area (Å²) in [6.07, 6.45) is 2.67. The van der Waals surface area contributed by atoms with Gasteiger partial charge in [-0.25, -0.2) is 9.67 Å². The number of carbonyl (C=O) groups excluding carboxylic acids is 1. The predicted octanol–water partition coefficient (Wildman–Crippen LogP) is 2.25. The van der Waals surface area contributed by atoms with Gasteiger partial charge in [-0.05, 0) is 26.3 Å². The number of hydrogen-bond acceptors (Lipinski definition) is 6. The van der Waals surface area contributed by atoms with Crippen molar-refractivity contribution in [3.8, 4) is 0 Å². The van der Waals surface area contributed by atoms with E-state index in [9.17, 15) is 14.9 Å². The van der Waals surface area contributed by atoms with Gasteiger partial charge in [0.05, 0.1) is 11.5 Å². The largest absolute Gasteiger partial charge is 0.309 e. The Morgan fingerprint density at radius 3 is 2.81 bits per heavy atom. The third-order valence-electron chi connectivity index (χ3n) is 4.16. The molecule has 1 aromatic carbocycles. The Hall–Kier alpha value is -3.56. The highest BCUT2D eigenvalue weighted by molar-refractivity contribution is 5.91. The van der Waals surface area contributed by atoms with Crippen molar-refractivity contribution in [1.82, 2.24) is 24.5 Å². The van der Waals surface area contributed by atoms with Crippen LogP contribution in [-0.2, 0) is 11.3 Å². The number of amides is 1. The second-order valence-corrected chi connectivity index (χ2v) is 6.24. The molecule has 0 spiro atoms. The van der Waals surface area contributed by atoms with Crippen molar-refractivity contribution in [2.45, 2.75) is 33.4 Å². The predicted molar refractivity (Wildman–Crippen MR) is 97.3 cm³/mol. The molecule has 0 aliphatic carbocycles. The first-order valence-corrected chi connectivity index (χ1v) is 8.29. The van der Waals surface area contributed by atoms with Crippen LogP contribution in [0.4, 0.5) is 11.6 Å². The van der Waals surface area contributed by atoms with Crippen LogP contribution in [-0.4, -0.2) is 35.4 Å². The van der Waals surface area contributed by atoms with Gasteiger partial charge in [-0.1, -0.05) is 29.8 Å². The quantitative estimate of drug-likeness (QED) is 0.525. The standard InChI is InChI=1S/C17H19N7O3/c1-11-5-4-6-14(7-11)9-22-10-18-17(21-22)20-16(25)13(3)23-12(2)15(8-19-23)24(26)27/h4-8,10,13H,9H2,1-3H3,(H,20,21,25). The van der Waals surface area contributed by atoms with E-state index in [0.717, 1.165) is 17.3 Å². The van der Waals surface area contributed by atoms with Crippen molar-refractivity contribution >= 4 is 17.5 Å². The fraction of sp³-hybridized carbons (Fsp3) is 0.294. The zero-order valence-electron chi connectivity index (χ0n) is 15.2. The zero-order chi connectivity index (χ0) is 19.6. The van der Waals surface area contributed by atoms with Gasteiger partial charge < -0.3 is 0 Å². The number of aryl methyl sites for hydroxylation is 1. The molecule has 1 atom stereocenters. The van der Waals surface area contributed by atoms with Gasteiger partial charge in [0.25, 0.3) is 5.91 Å². The third-order valence-corrected chi connectivity index (χ3v) is 4.16. The normalized spacial score (nSPS) is 12.0. The number of hydrogen-bond donors (Lipinski definition) is 1. The molecule has 140 valence electrons. The molecule has 0 saturated heterocycles. The number of anilines is 1. The van der Waals surface area contributed by atoms with Crippen molar-refractivity contribution in [3.63, 3.8) is 0 Å². The van der Waals surface area contributed by atoms with E-state index in [2.05, 4.69) is 26.6 Å². The van der Waals surface area contributed by atoms with E-state index >= 15 is 0 Å². The number of nitrogens with one attached hydrogen (secondary N) is 1. The van der Waals surface area contributed by atoms with Crippen molar-refractivity contribution in [2.24, 2.45) is 0 Å². The fourth-order valence-electron chi connectivity index (χ4n) is 2.74. The van der Waals surface area contributed by atoms with Crippen LogP contribution in [0.1, 0.15) is 29.8 Å². The molecule has 0 fully saturated rings. The highest BCUT2D eigenvalue weighted by Gasteiger charge is 2.24. The van der Waals surface area contributed by atoms with E-state index < -0.39 is 16.9 Å². The number of benzene rings is 1. The molecule has 1 unspecified atom stereocenters. The van der Waals surface area contributed by atoms with Crippen LogP contribution < -0.4 is 5.32 Å². The number of rotatable bonds is 6. The summed E-state index contributed by atoms with van der Waals surface area (Å²) >= 11 is 0. The lowest BCUT2D eigenvalue weighted by molar-refractivity contribution is -0.385. The summed E-state index contributed by atoms with van der Waals surface area (Å²) in [6, 6.07) is 7.27. The minimum atomic E-state index is -0.748. The van der Waals surface area contributed by atoms with Crippen LogP contribution in [0.25, 0.3) is 0 Å². The van der Waals surface area contributed by atoms with Crippen LogP contribution in [0.2, 0.25) is 0 Å². The number of aromatic nitrogens is 5. The summed E-state index contributed by atoms with van der Waals surface area (Å²) in [7, 11) is 0. The smallest absolute Gasteiger partial charge is 0.291 e. The molecule has 0 aliphatic rings. The van der Waals surface area contributed by atoms with Gasteiger partial charge in [-0.2, -0.15) is 5.10 Å². The molecule has 1 amide bonds. The fourth-order valence-corrected chi connectivity index (χ4v) is 2.74. The Morgan fingerprint density at radius 2 is 2.15 bits per heavy atom. The highest BCUT2D eigenvalue weighted by Crippen LogP contribution is 2.20. The monoisotopic (exact) mass is 369 g/mol. The van der Waals surface area contributed by atoms with Crippen LogP contribution in [0.5, 0.6) is 0 Å².